The molecule has 2 N–H and O–H groups in total. The fourth-order valence-corrected chi connectivity index (χ4v) is 3.29. The molecule has 2 aromatic rings. The SMILES string of the molecule is CC(=O)Nc1ccc(N=C2NC(=O)/C(=C(\C)c3ccc(F)cc3)S2)cc1. The Labute approximate surface area is 154 Å². The number of amides is 2. The Balaban J connectivity index is 1.80. The van der Waals surface area contributed by atoms with E-state index in [0.717, 1.165) is 11.1 Å². The molecule has 5 nitrogen and oxygen atoms in total. The molecule has 1 fully saturated rings. The van der Waals surface area contributed by atoms with Crippen molar-refractivity contribution in [1.82, 2.24) is 5.32 Å². The molecule has 3 rings (SSSR count). The van der Waals surface area contributed by atoms with Crippen molar-refractivity contribution >= 4 is 45.7 Å². The summed E-state index contributed by atoms with van der Waals surface area (Å²) >= 11 is 1.24. The molecule has 26 heavy (non-hydrogen) atoms. The van der Waals surface area contributed by atoms with Gasteiger partial charge in [-0.25, -0.2) is 9.38 Å². The third kappa shape index (κ3) is 4.18. The van der Waals surface area contributed by atoms with Crippen LogP contribution in [0.25, 0.3) is 5.57 Å². The van der Waals surface area contributed by atoms with Gasteiger partial charge in [0.2, 0.25) is 5.91 Å². The molecule has 1 aliphatic heterocycles. The number of amidine groups is 1. The highest BCUT2D eigenvalue weighted by molar-refractivity contribution is 8.18. The Morgan fingerprint density at radius 2 is 1.73 bits per heavy atom. The lowest BCUT2D eigenvalue weighted by Crippen LogP contribution is -2.19. The van der Waals surface area contributed by atoms with Gasteiger partial charge in [-0.05, 0) is 66.2 Å². The van der Waals surface area contributed by atoms with E-state index in [1.807, 2.05) is 6.92 Å². The number of allylic oxidation sites excluding steroid dienone is 1. The van der Waals surface area contributed by atoms with E-state index >= 15 is 0 Å². The largest absolute Gasteiger partial charge is 0.326 e. The Kier molecular flexibility index (Phi) is 5.18. The molecule has 0 aromatic heterocycles. The molecule has 0 spiro atoms. The van der Waals surface area contributed by atoms with Gasteiger partial charge in [0.1, 0.15) is 5.82 Å². The smallest absolute Gasteiger partial charge is 0.264 e. The predicted octanol–water partition coefficient (Wildman–Crippen LogP) is 4.07. The molecule has 0 radical (unpaired) electrons. The molecule has 0 bridgehead atoms. The lowest BCUT2D eigenvalue weighted by Gasteiger charge is -2.03. The number of carbonyl (C=O) groups excluding carboxylic acids is 2. The van der Waals surface area contributed by atoms with Crippen LogP contribution < -0.4 is 10.6 Å². The van der Waals surface area contributed by atoms with E-state index in [4.69, 9.17) is 0 Å². The number of thioether (sulfide) groups is 1. The third-order valence-electron chi connectivity index (χ3n) is 3.66. The van der Waals surface area contributed by atoms with Crippen LogP contribution in [0, 0.1) is 5.82 Å². The minimum absolute atomic E-state index is 0.145. The fraction of sp³-hybridized carbons (Fsp3) is 0.105. The molecule has 2 amide bonds. The lowest BCUT2D eigenvalue weighted by molar-refractivity contribution is -0.115. The fourth-order valence-electron chi connectivity index (χ4n) is 2.39. The summed E-state index contributed by atoms with van der Waals surface area (Å²) in [6, 6.07) is 13.0. The molecule has 7 heteroatoms. The van der Waals surface area contributed by atoms with E-state index in [9.17, 15) is 14.0 Å². The van der Waals surface area contributed by atoms with Crippen molar-refractivity contribution in [2.75, 3.05) is 5.32 Å². The summed E-state index contributed by atoms with van der Waals surface area (Å²) in [5.74, 6) is -0.695. The van der Waals surface area contributed by atoms with Crippen LogP contribution in [0.1, 0.15) is 19.4 Å². The van der Waals surface area contributed by atoms with E-state index < -0.39 is 0 Å². The Morgan fingerprint density at radius 1 is 1.08 bits per heavy atom. The molecule has 0 atom stereocenters. The first-order valence-corrected chi connectivity index (χ1v) is 8.66. The van der Waals surface area contributed by atoms with Gasteiger partial charge in [-0.3, -0.25) is 9.59 Å². The Hall–Kier alpha value is -2.93. The van der Waals surface area contributed by atoms with Crippen LogP contribution in [0.4, 0.5) is 15.8 Å². The quantitative estimate of drug-likeness (QED) is 0.802. The van der Waals surface area contributed by atoms with Gasteiger partial charge in [-0.15, -0.1) is 0 Å². The van der Waals surface area contributed by atoms with E-state index in [2.05, 4.69) is 15.6 Å². The maximum Gasteiger partial charge on any atom is 0.264 e. The zero-order valence-corrected chi connectivity index (χ0v) is 15.0. The average molecular weight is 369 g/mol. The third-order valence-corrected chi connectivity index (χ3v) is 4.74. The van der Waals surface area contributed by atoms with E-state index in [-0.39, 0.29) is 17.6 Å². The van der Waals surface area contributed by atoms with Crippen molar-refractivity contribution in [3.8, 4) is 0 Å². The van der Waals surface area contributed by atoms with Crippen molar-refractivity contribution < 1.29 is 14.0 Å². The number of aliphatic imine (C=N–C) groups is 1. The monoisotopic (exact) mass is 369 g/mol. The predicted molar refractivity (Wildman–Crippen MR) is 103 cm³/mol. The van der Waals surface area contributed by atoms with Crippen LogP contribution >= 0.6 is 11.8 Å². The molecule has 0 unspecified atom stereocenters. The van der Waals surface area contributed by atoms with Gasteiger partial charge in [0.25, 0.3) is 5.91 Å². The number of hydrogen-bond acceptors (Lipinski definition) is 4. The highest BCUT2D eigenvalue weighted by atomic mass is 32.2. The highest BCUT2D eigenvalue weighted by Crippen LogP contribution is 2.33. The highest BCUT2D eigenvalue weighted by Gasteiger charge is 2.26. The zero-order valence-electron chi connectivity index (χ0n) is 14.2. The maximum atomic E-state index is 13.1. The summed E-state index contributed by atoms with van der Waals surface area (Å²) in [4.78, 5) is 28.2. The van der Waals surface area contributed by atoms with Gasteiger partial charge in [0.05, 0.1) is 10.6 Å². The first-order valence-electron chi connectivity index (χ1n) is 7.85. The van der Waals surface area contributed by atoms with Crippen molar-refractivity contribution in [2.45, 2.75) is 13.8 Å². The first kappa shape index (κ1) is 17.9. The lowest BCUT2D eigenvalue weighted by atomic mass is 10.1. The number of nitrogens with zero attached hydrogens (tertiary/aromatic N) is 1. The second-order valence-corrected chi connectivity index (χ2v) is 6.66. The molecular formula is C19H16FN3O2S. The number of hydrogen-bond donors (Lipinski definition) is 2. The van der Waals surface area contributed by atoms with Crippen LogP contribution in [0.2, 0.25) is 0 Å². The number of nitrogens with one attached hydrogen (secondary N) is 2. The van der Waals surface area contributed by atoms with Crippen molar-refractivity contribution in [3.63, 3.8) is 0 Å². The summed E-state index contributed by atoms with van der Waals surface area (Å²) in [7, 11) is 0. The summed E-state index contributed by atoms with van der Waals surface area (Å²) < 4.78 is 13.1. The number of anilines is 1. The second-order valence-electron chi connectivity index (χ2n) is 5.66. The van der Waals surface area contributed by atoms with Crippen LogP contribution in [0.15, 0.2) is 58.4 Å². The normalized spacial score (nSPS) is 17.2. The van der Waals surface area contributed by atoms with Gasteiger partial charge in [-0.1, -0.05) is 12.1 Å². The topological polar surface area (TPSA) is 70.6 Å². The summed E-state index contributed by atoms with van der Waals surface area (Å²) in [6.45, 7) is 3.26. The van der Waals surface area contributed by atoms with Crippen LogP contribution in [0.5, 0.6) is 0 Å². The number of benzene rings is 2. The van der Waals surface area contributed by atoms with E-state index in [1.54, 1.807) is 36.4 Å². The maximum absolute atomic E-state index is 13.1. The molecular weight excluding hydrogens is 353 g/mol. The minimum Gasteiger partial charge on any atom is -0.326 e. The van der Waals surface area contributed by atoms with E-state index in [0.29, 0.717) is 21.4 Å². The average Bonchev–Trinajstić information content (AvgIpc) is 2.96. The zero-order chi connectivity index (χ0) is 18.7. The van der Waals surface area contributed by atoms with Gasteiger partial charge in [0.15, 0.2) is 5.17 Å². The van der Waals surface area contributed by atoms with Gasteiger partial charge < -0.3 is 10.6 Å². The molecule has 0 aliphatic carbocycles. The van der Waals surface area contributed by atoms with Gasteiger partial charge in [-0.2, -0.15) is 0 Å². The molecule has 132 valence electrons. The van der Waals surface area contributed by atoms with Crippen LogP contribution in [-0.2, 0) is 9.59 Å². The Bertz CT molecular complexity index is 919. The van der Waals surface area contributed by atoms with Crippen molar-refractivity contribution in [1.29, 1.82) is 0 Å². The van der Waals surface area contributed by atoms with Gasteiger partial charge >= 0.3 is 0 Å². The molecule has 0 saturated carbocycles. The van der Waals surface area contributed by atoms with Crippen LogP contribution in [0.3, 0.4) is 0 Å². The van der Waals surface area contributed by atoms with Crippen molar-refractivity contribution in [2.24, 2.45) is 4.99 Å². The minimum atomic E-state index is -0.319. The number of halogens is 1. The standard InChI is InChI=1S/C19H16FN3O2S/c1-11(13-3-5-14(20)6-4-13)17-18(25)23-19(26-17)22-16-9-7-15(8-10-16)21-12(2)24/h3-10H,1-2H3,(H,21,24)(H,22,23,25)/b17-11-. The molecule has 1 aliphatic rings. The molecule has 1 saturated heterocycles. The molecule has 1 heterocycles. The Morgan fingerprint density at radius 3 is 2.35 bits per heavy atom. The van der Waals surface area contributed by atoms with Gasteiger partial charge in [0, 0.05) is 12.6 Å². The first-order chi connectivity index (χ1) is 12.4. The number of carbonyl (C=O) groups is 2. The summed E-state index contributed by atoms with van der Waals surface area (Å²) in [6.07, 6.45) is 0. The van der Waals surface area contributed by atoms with Crippen LogP contribution in [-0.4, -0.2) is 17.0 Å². The summed E-state index contributed by atoms with van der Waals surface area (Å²) in [5.41, 5.74) is 2.88. The van der Waals surface area contributed by atoms with E-state index in [1.165, 1.54) is 30.8 Å². The number of rotatable bonds is 3. The second kappa shape index (κ2) is 7.53. The molecule has 2 aromatic carbocycles. The summed E-state index contributed by atoms with van der Waals surface area (Å²) in [5, 5.41) is 5.89. The van der Waals surface area contributed by atoms with Crippen molar-refractivity contribution in [3.05, 3.63) is 64.8 Å².